The summed E-state index contributed by atoms with van der Waals surface area (Å²) in [6.45, 7) is 14.7. The van der Waals surface area contributed by atoms with E-state index in [1.807, 2.05) is 45.2 Å². The van der Waals surface area contributed by atoms with Crippen molar-refractivity contribution in [2.24, 2.45) is 0 Å². The smallest absolute Gasteiger partial charge is 0.0450 e. The van der Waals surface area contributed by atoms with Gasteiger partial charge in [-0.1, -0.05) is 238 Å². The van der Waals surface area contributed by atoms with E-state index in [9.17, 15) is 0 Å². The van der Waals surface area contributed by atoms with Crippen LogP contribution in [0.15, 0.2) is 243 Å². The van der Waals surface area contributed by atoms with Gasteiger partial charge in [0.2, 0.25) is 0 Å². The molecule has 0 saturated carbocycles. The van der Waals surface area contributed by atoms with Gasteiger partial charge in [-0.15, -0.1) is 0 Å². The van der Waals surface area contributed by atoms with Crippen molar-refractivity contribution >= 4 is 97.0 Å². The standard InChI is InChI=1S/C17H12.2C15H12.C11H10.C10H9N.C2H6.Ar/c1-11-5-6-14-8-7-12-3-2-4-13-9-10-15(11)17(14)16(12)13;1-11-14-8-4-2-6-12(14)10-13-7-3-5-9-15(11)13;1-11-10-12-6-2-3-8-14(12)15-9-5-4-7-13(11)15;1-9-5-4-7-10-6-2-3-8-11(9)10;1-8-10-5-3-2-4-9(10)6-7-11-8;1-2;/h2-10H,1H3;2*2-10H,1H3;2-8H,1H3;2-7H,1H3;1-2H3;. The van der Waals surface area contributed by atoms with Crippen molar-refractivity contribution in [3.63, 3.8) is 0 Å². The van der Waals surface area contributed by atoms with Crippen LogP contribution in [0.1, 0.15) is 41.8 Å². The third-order valence-electron chi connectivity index (χ3n) is 13.6. The molecule has 72 heavy (non-hydrogen) atoms. The van der Waals surface area contributed by atoms with Crippen LogP contribution in [0.4, 0.5) is 0 Å². The van der Waals surface area contributed by atoms with E-state index in [4.69, 9.17) is 0 Å². The van der Waals surface area contributed by atoms with Gasteiger partial charge in [-0.2, -0.15) is 0 Å². The Bertz CT molecular complexity index is 3920. The van der Waals surface area contributed by atoms with Gasteiger partial charge < -0.3 is 0 Å². The molecular formula is C70H61ArN. The molecule has 13 aromatic carbocycles. The number of aryl methyl sites for hydroxylation is 5. The molecule has 0 aliphatic heterocycles. The van der Waals surface area contributed by atoms with Gasteiger partial charge in [0.15, 0.2) is 0 Å². The summed E-state index contributed by atoms with van der Waals surface area (Å²) in [7, 11) is 0. The number of aromatic nitrogens is 1. The first-order valence-corrected chi connectivity index (χ1v) is 24.9. The van der Waals surface area contributed by atoms with E-state index in [1.54, 1.807) is 0 Å². The first kappa shape index (κ1) is 51.2. The van der Waals surface area contributed by atoms with E-state index in [2.05, 4.69) is 251 Å². The van der Waals surface area contributed by atoms with E-state index < -0.39 is 0 Å². The van der Waals surface area contributed by atoms with Gasteiger partial charge in [-0.25, -0.2) is 0 Å². The predicted molar refractivity (Wildman–Crippen MR) is 314 cm³/mol. The van der Waals surface area contributed by atoms with Gasteiger partial charge in [-0.05, 0) is 161 Å². The molecule has 0 spiro atoms. The minimum absolute atomic E-state index is 0. The number of nitrogens with zero attached hydrogens (tertiary/aromatic N) is 1. The monoisotopic (exact) mass is 955 g/mol. The molecule has 0 atom stereocenters. The summed E-state index contributed by atoms with van der Waals surface area (Å²) in [4.78, 5) is 4.21. The quantitative estimate of drug-likeness (QED) is 0.109. The van der Waals surface area contributed by atoms with E-state index in [0.717, 1.165) is 5.69 Å². The van der Waals surface area contributed by atoms with E-state index >= 15 is 0 Å². The number of hydrogen-bond acceptors (Lipinski definition) is 1. The molecule has 14 rings (SSSR count). The van der Waals surface area contributed by atoms with Crippen LogP contribution < -0.4 is 0 Å². The average Bonchev–Trinajstić information content (AvgIpc) is 3.43. The molecule has 0 radical (unpaired) electrons. The van der Waals surface area contributed by atoms with Crippen LogP contribution in [0.3, 0.4) is 0 Å². The Morgan fingerprint density at radius 3 is 1.25 bits per heavy atom. The molecule has 1 heterocycles. The van der Waals surface area contributed by atoms with E-state index in [-0.39, 0.29) is 37.7 Å². The van der Waals surface area contributed by atoms with Crippen LogP contribution in [0.25, 0.3) is 97.0 Å². The molecule has 0 amide bonds. The molecule has 0 unspecified atom stereocenters. The zero-order chi connectivity index (χ0) is 49.3. The molecule has 0 N–H and O–H groups in total. The summed E-state index contributed by atoms with van der Waals surface area (Å²) < 4.78 is 0. The Kier molecular flexibility index (Phi) is 17.0. The normalized spacial score (nSPS) is 10.6. The molecule has 1 aromatic heterocycles. The molecule has 0 saturated heterocycles. The van der Waals surface area contributed by atoms with Crippen LogP contribution in [0.2, 0.25) is 0 Å². The van der Waals surface area contributed by atoms with Crippen molar-refractivity contribution in [1.29, 1.82) is 0 Å². The van der Waals surface area contributed by atoms with Gasteiger partial charge in [0, 0.05) is 55.0 Å². The van der Waals surface area contributed by atoms with Gasteiger partial charge in [0.25, 0.3) is 0 Å². The molecule has 0 aliphatic carbocycles. The Morgan fingerprint density at radius 2 is 0.653 bits per heavy atom. The van der Waals surface area contributed by atoms with Crippen molar-refractivity contribution < 1.29 is 37.7 Å². The third-order valence-corrected chi connectivity index (χ3v) is 13.6. The summed E-state index contributed by atoms with van der Waals surface area (Å²) in [5, 5.41) is 24.2. The molecule has 0 fully saturated rings. The second kappa shape index (κ2) is 23.9. The molecule has 1 nitrogen and oxygen atoms in total. The zero-order valence-corrected chi connectivity index (χ0v) is 43.1. The minimum Gasteiger partial charge on any atom is -0.261 e. The number of rotatable bonds is 0. The topological polar surface area (TPSA) is 12.9 Å². The van der Waals surface area contributed by atoms with E-state index in [0.29, 0.717) is 0 Å². The molecule has 2 heteroatoms. The maximum atomic E-state index is 4.21. The summed E-state index contributed by atoms with van der Waals surface area (Å²) in [6.07, 6.45) is 1.84. The first-order chi connectivity index (χ1) is 34.8. The number of pyridine rings is 1. The molecule has 14 aromatic rings. The number of benzene rings is 13. The Labute approximate surface area is 455 Å². The second-order valence-electron chi connectivity index (χ2n) is 18.1. The van der Waals surface area contributed by atoms with Crippen molar-refractivity contribution in [2.75, 3.05) is 0 Å². The fraction of sp³-hybridized carbons (Fsp3) is 0.100. The summed E-state index contributed by atoms with van der Waals surface area (Å²) >= 11 is 0. The maximum Gasteiger partial charge on any atom is 0.0450 e. The summed E-state index contributed by atoms with van der Waals surface area (Å²) in [6, 6.07) is 83.8. The van der Waals surface area contributed by atoms with Gasteiger partial charge in [0.05, 0.1) is 0 Å². The molecular weight excluding hydrogens is 895 g/mol. The summed E-state index contributed by atoms with van der Waals surface area (Å²) in [5.41, 5.74) is 6.54. The van der Waals surface area contributed by atoms with Crippen molar-refractivity contribution in [2.45, 2.75) is 48.5 Å². The Hall–Kier alpha value is -7.13. The van der Waals surface area contributed by atoms with Crippen LogP contribution >= 0.6 is 0 Å². The largest absolute Gasteiger partial charge is 0.261 e. The van der Waals surface area contributed by atoms with Gasteiger partial charge in [-0.3, -0.25) is 4.98 Å². The van der Waals surface area contributed by atoms with Gasteiger partial charge >= 0.3 is 0 Å². The zero-order valence-electron chi connectivity index (χ0n) is 42.4. The third kappa shape index (κ3) is 11.0. The van der Waals surface area contributed by atoms with Crippen molar-refractivity contribution in [3.05, 3.63) is 271 Å². The van der Waals surface area contributed by atoms with Crippen LogP contribution in [0.5, 0.6) is 0 Å². The first-order valence-electron chi connectivity index (χ1n) is 24.9. The average molecular weight is 956 g/mol. The maximum absolute atomic E-state index is 4.21. The van der Waals surface area contributed by atoms with Gasteiger partial charge in [0.1, 0.15) is 0 Å². The fourth-order valence-electron chi connectivity index (χ4n) is 10.0. The van der Waals surface area contributed by atoms with Crippen LogP contribution in [-0.4, -0.2) is 4.98 Å². The number of fused-ring (bicyclic) bond motifs is 7. The van der Waals surface area contributed by atoms with Crippen molar-refractivity contribution in [3.8, 4) is 0 Å². The molecule has 0 bridgehead atoms. The van der Waals surface area contributed by atoms with E-state index in [1.165, 1.54) is 119 Å². The molecule has 354 valence electrons. The Balaban J connectivity index is 0.000000120. The minimum atomic E-state index is 0. The van der Waals surface area contributed by atoms with Crippen molar-refractivity contribution in [1.82, 2.24) is 4.98 Å². The van der Waals surface area contributed by atoms with Crippen LogP contribution in [0, 0.1) is 72.4 Å². The molecule has 0 aliphatic rings. The van der Waals surface area contributed by atoms with Crippen LogP contribution in [-0.2, 0) is 0 Å². The predicted octanol–water partition coefficient (Wildman–Crippen LogP) is 20.2. The number of hydrogen-bond donors (Lipinski definition) is 0. The second-order valence-corrected chi connectivity index (χ2v) is 18.1. The SMILES string of the molecule is CC.Cc1c2ccccc2cc2ccccc12.Cc1cc2ccccc2c2ccccc12.Cc1ccc2ccc3cccc4ccc1c2c34.Cc1cccc2ccccc12.Cc1nccc2ccccc12.[Ar]. The summed E-state index contributed by atoms with van der Waals surface area (Å²) in [5.74, 6) is 0. The Morgan fingerprint density at radius 1 is 0.250 bits per heavy atom. The fourth-order valence-corrected chi connectivity index (χ4v) is 10.0.